The summed E-state index contributed by atoms with van der Waals surface area (Å²) in [5.41, 5.74) is 46.6. The zero-order valence-corrected chi connectivity index (χ0v) is 83.9. The molecule has 16 N–H and O–H groups in total. The van der Waals surface area contributed by atoms with Crippen LogP contribution in [0.1, 0.15) is 159 Å². The predicted molar refractivity (Wildman–Crippen MR) is 544 cm³/mol. The van der Waals surface area contributed by atoms with Gasteiger partial charge >= 0.3 is 0 Å². The number of aromatic nitrogens is 13. The van der Waals surface area contributed by atoms with Crippen LogP contribution in [0.4, 0.5) is 50.4 Å². The van der Waals surface area contributed by atoms with Gasteiger partial charge in [-0.15, -0.1) is 82.2 Å². The Bertz CT molecular complexity index is 7800. The molecule has 0 bridgehead atoms. The molecule has 44 heteroatoms. The maximum Gasteiger partial charge on any atom is 0.277 e. The number of amides is 5. The Kier molecular flexibility index (Phi) is 31.3. The third kappa shape index (κ3) is 22.5. The van der Waals surface area contributed by atoms with E-state index in [9.17, 15) is 59.4 Å². The van der Waals surface area contributed by atoms with Gasteiger partial charge in [-0.2, -0.15) is 34.2 Å². The zero-order valence-electron chi connectivity index (χ0n) is 79.0. The molecule has 2 atom stereocenters. The number of nitrogens with zero attached hydrogens (tertiary/aromatic N) is 14. The molecule has 2 unspecified atom stereocenters. The first-order valence-electron chi connectivity index (χ1n) is 43.8. The van der Waals surface area contributed by atoms with Gasteiger partial charge in [-0.3, -0.25) is 29.0 Å². The normalized spacial score (nSPS) is 12.7. The van der Waals surface area contributed by atoms with Crippen molar-refractivity contribution in [1.29, 1.82) is 0 Å². The van der Waals surface area contributed by atoms with Gasteiger partial charge in [-0.05, 0) is 197 Å². The van der Waals surface area contributed by atoms with E-state index in [4.69, 9.17) is 33.4 Å². The summed E-state index contributed by atoms with van der Waals surface area (Å²) >= 11 is 6.03. The van der Waals surface area contributed by atoms with Gasteiger partial charge in [0.05, 0.1) is 62.9 Å². The Morgan fingerprint density at radius 1 is 0.458 bits per heavy atom. The molecule has 33 nitrogen and oxygen atoms in total. The monoisotopic (exact) mass is 2040 g/mol. The highest BCUT2D eigenvalue weighted by atomic mass is 32.2. The van der Waals surface area contributed by atoms with Gasteiger partial charge in [0.1, 0.15) is 64.9 Å². The molecule has 1 saturated heterocycles. The van der Waals surface area contributed by atoms with Crippen molar-refractivity contribution in [3.8, 4) is 28.1 Å². The molecular formula is C98H97F5N24O9S6. The van der Waals surface area contributed by atoms with Crippen molar-refractivity contribution in [3.05, 3.63) is 278 Å². The molecule has 0 aliphatic carbocycles. The highest BCUT2D eigenvalue weighted by Crippen LogP contribution is 2.42. The lowest BCUT2D eigenvalue weighted by Crippen LogP contribution is -2.60. The number of anilines is 5. The van der Waals surface area contributed by atoms with Crippen molar-refractivity contribution in [2.75, 3.05) is 41.8 Å². The fraction of sp³-hybridized carbons (Fsp3) is 0.245. The molecule has 0 radical (unpaired) electrons. The summed E-state index contributed by atoms with van der Waals surface area (Å²) in [7, 11) is -3.96. The van der Waals surface area contributed by atoms with Gasteiger partial charge in [0.2, 0.25) is 28.2 Å². The quantitative estimate of drug-likeness (QED) is 0.0222. The molecule has 0 saturated carbocycles. The molecule has 0 spiro atoms. The topological polar surface area (TPSA) is 510 Å². The number of ether oxygens (including phenoxy) is 1. The first kappa shape index (κ1) is 103. The number of carbonyl (C=O) groups excluding carboxylic acids is 5. The number of sulfonamides is 1. The highest BCUT2D eigenvalue weighted by Gasteiger charge is 2.46. The summed E-state index contributed by atoms with van der Waals surface area (Å²) in [6.45, 7) is 24.8. The standard InChI is InChI=1S/C21H18FN5OS.C21H19N5OS.C20H22F2N4O2S.C19H20FN5O3S2.C17H18FN5O2S/c1-11-12(2)26-27-21-16(11)17(23)18(29-21)20(28)25-10-13-5-7-14(8-6-13)15-4-3-9-24-19(15)22;1-12-13(2)25-26-21-17(12)18(22)19(28-21)20(27)24-11-14-3-5-15(6-4-14)16-7-9-23-10-8-16;1-10-11(2)25-26-18-14(10)15(23)16(29-18)17(27)24-9-12-5-7-13(8-6-12)19(3,28)20(4,21)22;1-9-4-5-14(13(20)6-9)30(27,28)25-7-12(8-25)22-18(26)17-16(21)15-10(2)11(3)23-24-19(15)29-17;1-8-9(2)22-23-17-13(8)14(19)15(26-17)16(24)21-7-11-4-5-12(20-6-11)25-10(3)18/h3-9H,10,23H2,1-2H3,(H,25,28);3-10H,11,22H2,1-2H3,(H,24,27);5-8,28H,9,23H2,1-4H3,(H,24,27);4-6,12H,7-8,21H2,1-3H3,(H,22,26);4-6,10H,7,19H2,1-3H3,(H,21,24). The molecule has 1 aliphatic heterocycles. The number of rotatable bonds is 22. The van der Waals surface area contributed by atoms with Crippen molar-refractivity contribution < 1.29 is 64.2 Å². The number of nitrogens with two attached hydrogens (primary N) is 5. The second kappa shape index (κ2) is 43.1. The van der Waals surface area contributed by atoms with Gasteiger partial charge in [0.25, 0.3) is 35.5 Å². The molecular weight excluding hydrogens is 1940 g/mol. The van der Waals surface area contributed by atoms with Crippen molar-refractivity contribution in [2.24, 2.45) is 0 Å². The van der Waals surface area contributed by atoms with E-state index >= 15 is 0 Å². The summed E-state index contributed by atoms with van der Waals surface area (Å²) in [6, 6.07) is 35.5. The van der Waals surface area contributed by atoms with Crippen molar-refractivity contribution in [2.45, 2.75) is 152 Å². The number of aliphatic hydroxyl groups is 1. The summed E-state index contributed by atoms with van der Waals surface area (Å²) < 4.78 is 99.1. The minimum absolute atomic E-state index is 0.0597. The molecule has 4 aromatic carbocycles. The molecule has 14 heterocycles. The van der Waals surface area contributed by atoms with E-state index in [0.717, 1.165) is 134 Å². The average molecular weight is 2040 g/mol. The maximum absolute atomic E-state index is 14.1. The molecule has 1 aliphatic rings. The Labute approximate surface area is 830 Å². The number of hydrogen-bond donors (Lipinski definition) is 11. The lowest BCUT2D eigenvalue weighted by Gasteiger charge is -2.38. The van der Waals surface area contributed by atoms with Crippen LogP contribution in [0.5, 0.6) is 5.88 Å². The van der Waals surface area contributed by atoms with Crippen LogP contribution in [0, 0.1) is 87.9 Å². The van der Waals surface area contributed by atoms with Gasteiger partial charge in [0, 0.05) is 116 Å². The fourth-order valence-electron chi connectivity index (χ4n) is 14.7. The van der Waals surface area contributed by atoms with E-state index in [-0.39, 0.29) is 72.2 Å². The van der Waals surface area contributed by atoms with E-state index in [1.807, 2.05) is 118 Å². The number of nitrogen functional groups attached to an aromatic ring is 5. The Hall–Kier alpha value is -14.8. The predicted octanol–water partition coefficient (Wildman–Crippen LogP) is 16.6. The lowest BCUT2D eigenvalue weighted by atomic mass is 9.89. The average Bonchev–Trinajstić information content (AvgIpc) is 1.74. The van der Waals surface area contributed by atoms with Gasteiger partial charge in [-0.25, -0.2) is 35.9 Å². The number of alkyl halides is 3. The minimum atomic E-state index is -3.96. The van der Waals surface area contributed by atoms with Crippen molar-refractivity contribution >= 4 is 176 Å². The van der Waals surface area contributed by atoms with Crippen LogP contribution in [-0.4, -0.2) is 145 Å². The fourth-order valence-corrected chi connectivity index (χ4v) is 21.4. The second-order valence-electron chi connectivity index (χ2n) is 33.6. The summed E-state index contributed by atoms with van der Waals surface area (Å²) in [5.74, 6) is -5.89. The third-order valence-corrected chi connectivity index (χ3v) is 31.2. The summed E-state index contributed by atoms with van der Waals surface area (Å²) in [6.07, 6.45) is 5.04. The molecule has 17 aromatic rings. The molecule has 734 valence electrons. The third-order valence-electron chi connectivity index (χ3n) is 23.9. The minimum Gasteiger partial charge on any atom is -0.444 e. The van der Waals surface area contributed by atoms with Gasteiger partial charge < -0.3 is 65.1 Å². The maximum atomic E-state index is 14.1. The number of nitrogens with one attached hydrogen (secondary N) is 5. The Balaban J connectivity index is 0.000000141. The number of halogens is 5. The lowest BCUT2D eigenvalue weighted by molar-refractivity contribution is -0.165. The largest absolute Gasteiger partial charge is 0.444 e. The van der Waals surface area contributed by atoms with E-state index in [1.54, 1.807) is 73.9 Å². The van der Waals surface area contributed by atoms with Crippen LogP contribution < -0.4 is 60.0 Å². The van der Waals surface area contributed by atoms with E-state index in [0.29, 0.717) is 119 Å². The van der Waals surface area contributed by atoms with Crippen LogP contribution in [0.2, 0.25) is 0 Å². The molecule has 18 rings (SSSR count). The summed E-state index contributed by atoms with van der Waals surface area (Å²) in [5, 5.41) is 69.1. The zero-order chi connectivity index (χ0) is 102. The van der Waals surface area contributed by atoms with Crippen LogP contribution in [0.25, 0.3) is 73.3 Å². The van der Waals surface area contributed by atoms with Crippen molar-refractivity contribution in [1.82, 2.24) is 96.8 Å². The first-order chi connectivity index (χ1) is 67.4. The first-order valence-corrected chi connectivity index (χ1v) is 49.3. The van der Waals surface area contributed by atoms with Crippen LogP contribution in [0.3, 0.4) is 0 Å². The Morgan fingerprint density at radius 3 is 1.15 bits per heavy atom. The smallest absolute Gasteiger partial charge is 0.277 e. The number of thiophene rings is 5. The second-order valence-corrected chi connectivity index (χ2v) is 40.5. The van der Waals surface area contributed by atoms with Crippen LogP contribution in [-0.2, 0) is 41.8 Å². The molecule has 142 heavy (non-hydrogen) atoms. The summed E-state index contributed by atoms with van der Waals surface area (Å²) in [4.78, 5) is 79.6. The van der Waals surface area contributed by atoms with Crippen LogP contribution in [0.15, 0.2) is 157 Å². The van der Waals surface area contributed by atoms with Crippen molar-refractivity contribution in [3.63, 3.8) is 0 Å². The van der Waals surface area contributed by atoms with Crippen LogP contribution >= 0.6 is 56.7 Å². The SMILES string of the molecule is Cc1ccc(S(=O)(=O)N2CC(NC(=O)c3sc4nnc(C)c(C)c4c3N)C2)c(F)c1.Cc1nnc2sc(C(=O)NCc3ccc(-c4cccnc4F)cc3)c(N)c2c1C.Cc1nnc2sc(C(=O)NCc3ccc(-c4ccncc4)cc3)c(N)c2c1C.Cc1nnc2sc(C(=O)NCc3ccc(C(C)(O)C(C)(F)F)cc3)c(N)c2c1C.Cc1nnc2sc(C(=O)NCc3ccc(OC(C)F)nc3)c(N)c2c1C. The van der Waals surface area contributed by atoms with Gasteiger partial charge in [-0.1, -0.05) is 84.9 Å². The van der Waals surface area contributed by atoms with E-state index < -0.39 is 45.6 Å². The number of benzene rings is 4. The van der Waals surface area contributed by atoms with Gasteiger partial charge in [0.15, 0.2) is 0 Å². The highest BCUT2D eigenvalue weighted by molar-refractivity contribution is 7.89. The Morgan fingerprint density at radius 2 is 0.803 bits per heavy atom. The number of carbonyl (C=O) groups is 5. The number of fused-ring (bicyclic) bond motifs is 5. The number of hydrogen-bond acceptors (Lipinski definition) is 32. The molecule has 1 fully saturated rings. The number of aryl methyl sites for hydroxylation is 11. The van der Waals surface area contributed by atoms with E-state index in [2.05, 4.69) is 92.5 Å². The molecule has 13 aromatic heterocycles. The number of pyridine rings is 3. The van der Waals surface area contributed by atoms with E-state index in [1.165, 1.54) is 88.9 Å². The molecule has 5 amide bonds.